The average molecular weight is 223 g/mol. The van der Waals surface area contributed by atoms with E-state index in [1.54, 1.807) is 0 Å². The van der Waals surface area contributed by atoms with Gasteiger partial charge in [0.1, 0.15) is 12.2 Å². The van der Waals surface area contributed by atoms with Gasteiger partial charge in [0, 0.05) is 3.58 Å². The molecule has 44 valence electrons. The number of hydrogen-bond acceptors (Lipinski definition) is 1. The van der Waals surface area contributed by atoms with E-state index < -0.39 is 0 Å². The van der Waals surface area contributed by atoms with Crippen LogP contribution in [-0.2, 0) is 0 Å². The minimum Gasteiger partial charge on any atom is -0.383 e. The molecule has 0 aliphatic carbocycles. The second-order valence-corrected chi connectivity index (χ2v) is 2.35. The van der Waals surface area contributed by atoms with Gasteiger partial charge in [0.25, 0.3) is 0 Å². The molecule has 3 nitrogen and oxygen atoms in total. The van der Waals surface area contributed by atoms with Gasteiger partial charge in [0.05, 0.1) is 0 Å². The van der Waals surface area contributed by atoms with Crippen LogP contribution in [0.5, 0.6) is 0 Å². The number of hydrogen-bond donors (Lipinski definition) is 2. The Morgan fingerprint density at radius 3 is 2.50 bits per heavy atom. The average Bonchev–Trinajstić information content (AvgIpc) is 1.67. The monoisotopic (exact) mass is 223 g/mol. The first-order valence-electron chi connectivity index (χ1n) is 1.85. The maximum absolute atomic E-state index is 6.49. The highest BCUT2D eigenvalue weighted by Gasteiger charge is 1.88. The lowest BCUT2D eigenvalue weighted by molar-refractivity contribution is 1.50. The quantitative estimate of drug-likeness (QED) is 0.407. The van der Waals surface area contributed by atoms with Gasteiger partial charge < -0.3 is 5.73 Å². The van der Waals surface area contributed by atoms with Crippen molar-refractivity contribution in [1.82, 2.24) is 0 Å². The van der Waals surface area contributed by atoms with E-state index in [9.17, 15) is 0 Å². The Labute approximate surface area is 61.3 Å². The van der Waals surface area contributed by atoms with Crippen molar-refractivity contribution < 1.29 is 0 Å². The van der Waals surface area contributed by atoms with Crippen molar-refractivity contribution in [2.24, 2.45) is 10.7 Å². The summed E-state index contributed by atoms with van der Waals surface area (Å²) in [5.41, 5.74) is 5.22. The summed E-state index contributed by atoms with van der Waals surface area (Å²) >= 11 is 1.94. The van der Waals surface area contributed by atoms with Gasteiger partial charge in [0.2, 0.25) is 0 Å². The van der Waals surface area contributed by atoms with Gasteiger partial charge in [-0.15, -0.1) is 0 Å². The lowest BCUT2D eigenvalue weighted by Gasteiger charge is -1.89. The van der Waals surface area contributed by atoms with Crippen LogP contribution < -0.4 is 5.73 Å². The van der Waals surface area contributed by atoms with Crippen molar-refractivity contribution in [3.63, 3.8) is 0 Å². The molecule has 0 heterocycles. The zero-order valence-electron chi connectivity index (χ0n) is 4.19. The van der Waals surface area contributed by atoms with Crippen LogP contribution >= 0.6 is 22.6 Å². The third-order valence-corrected chi connectivity index (χ3v) is 1.03. The van der Waals surface area contributed by atoms with Gasteiger partial charge >= 0.3 is 0 Å². The Hall–Kier alpha value is -0.390. The molecule has 0 bridgehead atoms. The Morgan fingerprint density at radius 2 is 2.38 bits per heavy atom. The predicted octanol–water partition coefficient (Wildman–Crippen LogP) is 0.899. The zero-order chi connectivity index (χ0) is 6.57. The first kappa shape index (κ1) is 7.61. The fourth-order valence-corrected chi connectivity index (χ4v) is 0.279. The molecule has 0 radical (unpaired) electrons. The maximum atomic E-state index is 6.49. The fourth-order valence-electron chi connectivity index (χ4n) is 0.140. The molecule has 0 aliphatic rings. The van der Waals surface area contributed by atoms with E-state index in [2.05, 4.69) is 11.6 Å². The Balaban J connectivity index is 3.99. The van der Waals surface area contributed by atoms with E-state index in [4.69, 9.17) is 11.1 Å². The van der Waals surface area contributed by atoms with E-state index in [-0.39, 0.29) is 0 Å². The highest BCUT2D eigenvalue weighted by molar-refractivity contribution is 14.1. The van der Waals surface area contributed by atoms with Crippen molar-refractivity contribution in [2.45, 2.75) is 0 Å². The summed E-state index contributed by atoms with van der Waals surface area (Å²) in [5, 5.41) is 6.49. The van der Waals surface area contributed by atoms with Crippen molar-refractivity contribution >= 4 is 34.8 Å². The number of halogens is 1. The summed E-state index contributed by atoms with van der Waals surface area (Å²) in [7, 11) is 0. The van der Waals surface area contributed by atoms with Gasteiger partial charge in [-0.25, -0.2) is 4.99 Å². The first-order chi connectivity index (χ1) is 3.68. The number of nitrogens with one attached hydrogen (secondary N) is 1. The first-order valence-corrected chi connectivity index (χ1v) is 2.93. The summed E-state index contributed by atoms with van der Waals surface area (Å²) in [6.07, 6.45) is 0.888. The third kappa shape index (κ3) is 2.73. The summed E-state index contributed by atoms with van der Waals surface area (Å²) in [4.78, 5) is 3.45. The molecule has 0 atom stereocenters. The minimum atomic E-state index is 0.306. The van der Waals surface area contributed by atoms with Crippen molar-refractivity contribution in [3.05, 3.63) is 10.2 Å². The molecule has 0 aromatic rings. The van der Waals surface area contributed by atoms with Gasteiger partial charge in [-0.2, -0.15) is 0 Å². The maximum Gasteiger partial charge on any atom is 0.138 e. The molecule has 4 heteroatoms. The van der Waals surface area contributed by atoms with Crippen LogP contribution in [0.4, 0.5) is 0 Å². The smallest absolute Gasteiger partial charge is 0.138 e. The lowest BCUT2D eigenvalue weighted by atomic mass is 10.6. The van der Waals surface area contributed by atoms with E-state index in [1.165, 1.54) is 0 Å². The Kier molecular flexibility index (Phi) is 3.42. The normalized spacial score (nSPS) is 10.9. The van der Waals surface area contributed by atoms with E-state index >= 15 is 0 Å². The van der Waals surface area contributed by atoms with Crippen molar-refractivity contribution in [3.8, 4) is 0 Å². The molecule has 0 aromatic carbocycles. The number of nitrogens with zero attached hydrogens (tertiary/aromatic N) is 1. The fraction of sp³-hybridized carbons (Fsp3) is 0. The van der Waals surface area contributed by atoms with Gasteiger partial charge in [-0.3, -0.25) is 5.41 Å². The second kappa shape index (κ2) is 3.59. The molecule has 0 unspecified atom stereocenters. The number of amidine groups is 1. The summed E-state index contributed by atoms with van der Waals surface area (Å²) in [6, 6.07) is 0. The van der Waals surface area contributed by atoms with Gasteiger partial charge in [-0.05, 0) is 22.6 Å². The Morgan fingerprint density at radius 1 is 1.88 bits per heavy atom. The van der Waals surface area contributed by atoms with Crippen LogP contribution in [-0.4, -0.2) is 12.2 Å². The van der Waals surface area contributed by atoms with Crippen molar-refractivity contribution in [1.29, 1.82) is 5.41 Å². The van der Waals surface area contributed by atoms with Crippen molar-refractivity contribution in [2.75, 3.05) is 0 Å². The number of rotatable bonds is 2. The van der Waals surface area contributed by atoms with Crippen LogP contribution in [0.1, 0.15) is 0 Å². The zero-order valence-corrected chi connectivity index (χ0v) is 6.34. The lowest BCUT2D eigenvalue weighted by Crippen LogP contribution is -2.10. The van der Waals surface area contributed by atoms with Gasteiger partial charge in [0.15, 0.2) is 0 Å². The van der Waals surface area contributed by atoms with E-state index in [1.807, 2.05) is 22.6 Å². The molecule has 3 N–H and O–H groups in total. The largest absolute Gasteiger partial charge is 0.383 e. The molecule has 0 rings (SSSR count). The SMILES string of the molecule is C=C(I)/C(N)=N\C=N. The molecule has 8 heavy (non-hydrogen) atoms. The molecule has 0 amide bonds. The Bertz CT molecular complexity index is 138. The topological polar surface area (TPSA) is 62.2 Å². The van der Waals surface area contributed by atoms with Crippen LogP contribution in [0.2, 0.25) is 0 Å². The second-order valence-electron chi connectivity index (χ2n) is 1.05. The molecule has 0 saturated carbocycles. The molecular weight excluding hydrogens is 217 g/mol. The number of nitrogens with two attached hydrogens (primary N) is 1. The van der Waals surface area contributed by atoms with Gasteiger partial charge in [-0.1, -0.05) is 6.58 Å². The minimum absolute atomic E-state index is 0.306. The highest BCUT2D eigenvalue weighted by Crippen LogP contribution is 1.99. The summed E-state index contributed by atoms with van der Waals surface area (Å²) < 4.78 is 0.658. The van der Waals surface area contributed by atoms with Crippen LogP contribution in [0.15, 0.2) is 15.2 Å². The molecule has 0 aromatic heterocycles. The summed E-state index contributed by atoms with van der Waals surface area (Å²) in [5.74, 6) is 0.306. The van der Waals surface area contributed by atoms with E-state index in [0.29, 0.717) is 9.42 Å². The predicted molar refractivity (Wildman–Crippen MR) is 43.6 cm³/mol. The third-order valence-electron chi connectivity index (χ3n) is 0.482. The number of aliphatic imine (C=N–C) groups is 1. The molecule has 0 aliphatic heterocycles. The van der Waals surface area contributed by atoms with E-state index in [0.717, 1.165) is 6.34 Å². The molecule has 0 fully saturated rings. The highest BCUT2D eigenvalue weighted by atomic mass is 127. The van der Waals surface area contributed by atoms with Crippen LogP contribution in [0, 0.1) is 5.41 Å². The van der Waals surface area contributed by atoms with Crippen LogP contribution in [0.3, 0.4) is 0 Å². The molecule has 0 saturated heterocycles. The molecular formula is C4H6IN3. The van der Waals surface area contributed by atoms with Crippen LogP contribution in [0.25, 0.3) is 0 Å². The standard InChI is InChI=1S/C4H6IN3/c1-3(5)4(7)8-2-6/h2H,1H2,(H3,6,7,8). The molecule has 0 spiro atoms. The summed E-state index contributed by atoms with van der Waals surface area (Å²) in [6.45, 7) is 3.50.